The van der Waals surface area contributed by atoms with Crippen molar-refractivity contribution in [2.45, 2.75) is 18.9 Å². The largest absolute Gasteiger partial charge is 0.481 e. The van der Waals surface area contributed by atoms with E-state index >= 15 is 0 Å². The molecule has 0 spiro atoms. The van der Waals surface area contributed by atoms with Crippen molar-refractivity contribution in [1.29, 1.82) is 0 Å². The molecule has 0 saturated heterocycles. The zero-order chi connectivity index (χ0) is 12.5. The third-order valence-electron chi connectivity index (χ3n) is 2.17. The van der Waals surface area contributed by atoms with Gasteiger partial charge in [-0.1, -0.05) is 0 Å². The van der Waals surface area contributed by atoms with Gasteiger partial charge in [-0.25, -0.2) is 13.2 Å². The van der Waals surface area contributed by atoms with Crippen LogP contribution in [0.1, 0.15) is 18.4 Å². The minimum atomic E-state index is -1.41. The van der Waals surface area contributed by atoms with Crippen molar-refractivity contribution in [1.82, 2.24) is 0 Å². The number of hydrogen-bond acceptors (Lipinski definition) is 2. The molecule has 0 heterocycles. The van der Waals surface area contributed by atoms with Crippen LogP contribution in [0.25, 0.3) is 0 Å². The molecule has 96 valence electrons. The molecule has 1 unspecified atom stereocenters. The lowest BCUT2D eigenvalue weighted by Crippen LogP contribution is -2.31. The SMILES string of the molecule is CC(N)[C@H](C(=O)O)c1cc(F)c(F)cc1F.Cl. The lowest BCUT2D eigenvalue weighted by molar-refractivity contribution is -0.139. The van der Waals surface area contributed by atoms with E-state index in [0.29, 0.717) is 12.1 Å². The summed E-state index contributed by atoms with van der Waals surface area (Å²) in [7, 11) is 0. The van der Waals surface area contributed by atoms with E-state index in [4.69, 9.17) is 10.8 Å². The minimum Gasteiger partial charge on any atom is -0.481 e. The van der Waals surface area contributed by atoms with Gasteiger partial charge in [0, 0.05) is 17.7 Å². The molecule has 0 radical (unpaired) electrons. The van der Waals surface area contributed by atoms with Gasteiger partial charge >= 0.3 is 5.97 Å². The molecule has 17 heavy (non-hydrogen) atoms. The van der Waals surface area contributed by atoms with Gasteiger partial charge in [0.15, 0.2) is 11.6 Å². The lowest BCUT2D eigenvalue weighted by atomic mass is 9.92. The maximum atomic E-state index is 13.3. The van der Waals surface area contributed by atoms with Crippen LogP contribution in [0, 0.1) is 17.5 Å². The zero-order valence-electron chi connectivity index (χ0n) is 8.78. The number of carboxylic acid groups (broad SMARTS) is 1. The Labute approximate surface area is 102 Å². The molecule has 0 saturated carbocycles. The Morgan fingerprint density at radius 1 is 1.24 bits per heavy atom. The molecular weight excluding hydrogens is 259 g/mol. The predicted octanol–water partition coefficient (Wildman–Crippen LogP) is 2.04. The smallest absolute Gasteiger partial charge is 0.312 e. The van der Waals surface area contributed by atoms with Gasteiger partial charge in [-0.3, -0.25) is 4.79 Å². The van der Waals surface area contributed by atoms with Crippen molar-refractivity contribution in [3.8, 4) is 0 Å². The Bertz CT molecular complexity index is 426. The van der Waals surface area contributed by atoms with Gasteiger partial charge in [-0.2, -0.15) is 0 Å². The maximum Gasteiger partial charge on any atom is 0.312 e. The van der Waals surface area contributed by atoms with Crippen LogP contribution < -0.4 is 5.73 Å². The predicted molar refractivity (Wildman–Crippen MR) is 57.6 cm³/mol. The topological polar surface area (TPSA) is 63.3 Å². The first-order chi connectivity index (χ1) is 7.34. The first-order valence-corrected chi connectivity index (χ1v) is 4.47. The molecule has 3 nitrogen and oxygen atoms in total. The lowest BCUT2D eigenvalue weighted by Gasteiger charge is -2.17. The van der Waals surface area contributed by atoms with Crippen molar-refractivity contribution >= 4 is 18.4 Å². The molecule has 0 bridgehead atoms. The number of aliphatic carboxylic acids is 1. The highest BCUT2D eigenvalue weighted by molar-refractivity contribution is 5.85. The Balaban J connectivity index is 0.00000256. The number of rotatable bonds is 3. The molecule has 2 atom stereocenters. The van der Waals surface area contributed by atoms with E-state index in [1.807, 2.05) is 0 Å². The summed E-state index contributed by atoms with van der Waals surface area (Å²) in [5.74, 6) is -6.59. The summed E-state index contributed by atoms with van der Waals surface area (Å²) in [6, 6.07) is -0.0904. The Kier molecular flexibility index (Phi) is 5.44. The first-order valence-electron chi connectivity index (χ1n) is 4.47. The van der Waals surface area contributed by atoms with Crippen LogP contribution in [-0.2, 0) is 4.79 Å². The molecule has 7 heteroatoms. The van der Waals surface area contributed by atoms with Crippen LogP contribution in [0.2, 0.25) is 0 Å². The van der Waals surface area contributed by atoms with Crippen molar-refractivity contribution in [3.05, 3.63) is 35.1 Å². The van der Waals surface area contributed by atoms with E-state index < -0.39 is 40.9 Å². The fourth-order valence-electron chi connectivity index (χ4n) is 1.42. The molecule has 1 aromatic rings. The second kappa shape index (κ2) is 5.88. The average molecular weight is 270 g/mol. The molecule has 0 aliphatic heterocycles. The molecule has 0 aliphatic rings. The number of hydrogen-bond donors (Lipinski definition) is 2. The van der Waals surface area contributed by atoms with Gasteiger partial charge in [-0.05, 0) is 13.0 Å². The Hall–Kier alpha value is -1.27. The van der Waals surface area contributed by atoms with Crippen LogP contribution >= 0.6 is 12.4 Å². The maximum absolute atomic E-state index is 13.3. The first kappa shape index (κ1) is 15.7. The quantitative estimate of drug-likeness (QED) is 0.826. The number of carboxylic acids is 1. The summed E-state index contributed by atoms with van der Waals surface area (Å²) < 4.78 is 38.8. The molecule has 0 aromatic heterocycles. The van der Waals surface area contributed by atoms with Crippen LogP contribution in [0.3, 0.4) is 0 Å². The van der Waals surface area contributed by atoms with Crippen molar-refractivity contribution < 1.29 is 23.1 Å². The number of halogens is 4. The second-order valence-electron chi connectivity index (χ2n) is 3.46. The Morgan fingerprint density at radius 2 is 1.71 bits per heavy atom. The molecule has 1 rings (SSSR count). The minimum absolute atomic E-state index is 0. The highest BCUT2D eigenvalue weighted by Crippen LogP contribution is 2.24. The fraction of sp³-hybridized carbons (Fsp3) is 0.300. The van der Waals surface area contributed by atoms with E-state index in [9.17, 15) is 18.0 Å². The van der Waals surface area contributed by atoms with E-state index in [2.05, 4.69) is 0 Å². The zero-order valence-corrected chi connectivity index (χ0v) is 9.60. The van der Waals surface area contributed by atoms with Crippen LogP contribution in [-0.4, -0.2) is 17.1 Å². The summed E-state index contributed by atoms with van der Waals surface area (Å²) in [5, 5.41) is 8.82. The number of benzene rings is 1. The van der Waals surface area contributed by atoms with Gasteiger partial charge in [0.05, 0.1) is 5.92 Å². The highest BCUT2D eigenvalue weighted by atomic mass is 35.5. The van der Waals surface area contributed by atoms with E-state index in [0.717, 1.165) is 0 Å². The van der Waals surface area contributed by atoms with E-state index in [1.54, 1.807) is 0 Å². The van der Waals surface area contributed by atoms with Gasteiger partial charge in [0.1, 0.15) is 5.82 Å². The van der Waals surface area contributed by atoms with Crippen LogP contribution in [0.5, 0.6) is 0 Å². The van der Waals surface area contributed by atoms with Gasteiger partial charge in [0.25, 0.3) is 0 Å². The van der Waals surface area contributed by atoms with Crippen LogP contribution in [0.15, 0.2) is 12.1 Å². The number of nitrogens with two attached hydrogens (primary N) is 1. The molecule has 3 N–H and O–H groups in total. The fourth-order valence-corrected chi connectivity index (χ4v) is 1.42. The number of carbonyl (C=O) groups is 1. The van der Waals surface area contributed by atoms with Crippen molar-refractivity contribution in [2.24, 2.45) is 5.73 Å². The summed E-state index contributed by atoms with van der Waals surface area (Å²) in [4.78, 5) is 10.8. The molecule has 0 fully saturated rings. The van der Waals surface area contributed by atoms with Crippen molar-refractivity contribution in [2.75, 3.05) is 0 Å². The summed E-state index contributed by atoms with van der Waals surface area (Å²) in [5.41, 5.74) is 4.91. The summed E-state index contributed by atoms with van der Waals surface area (Å²) in [6.07, 6.45) is 0. The highest BCUT2D eigenvalue weighted by Gasteiger charge is 2.28. The Morgan fingerprint density at radius 3 is 2.12 bits per heavy atom. The molecule has 0 amide bonds. The van der Waals surface area contributed by atoms with E-state index in [-0.39, 0.29) is 12.4 Å². The molecular formula is C10H11ClF3NO2. The average Bonchev–Trinajstić information content (AvgIpc) is 2.12. The monoisotopic (exact) mass is 269 g/mol. The van der Waals surface area contributed by atoms with Gasteiger partial charge in [-0.15, -0.1) is 12.4 Å². The van der Waals surface area contributed by atoms with Crippen LogP contribution in [0.4, 0.5) is 13.2 Å². The third kappa shape index (κ3) is 3.34. The van der Waals surface area contributed by atoms with Gasteiger partial charge < -0.3 is 10.8 Å². The van der Waals surface area contributed by atoms with E-state index in [1.165, 1.54) is 6.92 Å². The molecule has 1 aromatic carbocycles. The van der Waals surface area contributed by atoms with Crippen molar-refractivity contribution in [3.63, 3.8) is 0 Å². The normalized spacial score (nSPS) is 13.7. The molecule has 0 aliphatic carbocycles. The third-order valence-corrected chi connectivity index (χ3v) is 2.17. The van der Waals surface area contributed by atoms with Gasteiger partial charge in [0.2, 0.25) is 0 Å². The standard InChI is InChI=1S/C10H10F3NO2.ClH/c1-4(14)9(10(15)16)5-2-7(12)8(13)3-6(5)11;/h2-4,9H,14H2,1H3,(H,15,16);1H/t4?,9-;/m0./s1. The summed E-state index contributed by atoms with van der Waals surface area (Å²) in [6.45, 7) is 1.35. The summed E-state index contributed by atoms with van der Waals surface area (Å²) >= 11 is 0. The second-order valence-corrected chi connectivity index (χ2v) is 3.46.